The number of hydrogen-bond acceptors (Lipinski definition) is 4. The summed E-state index contributed by atoms with van der Waals surface area (Å²) in [6.07, 6.45) is 0. The van der Waals surface area contributed by atoms with Gasteiger partial charge < -0.3 is 9.47 Å². The van der Waals surface area contributed by atoms with Crippen LogP contribution in [0.1, 0.15) is 0 Å². The van der Waals surface area contributed by atoms with Gasteiger partial charge in [0, 0.05) is 11.5 Å². The van der Waals surface area contributed by atoms with Gasteiger partial charge in [-0.05, 0) is 0 Å². The van der Waals surface area contributed by atoms with E-state index in [-0.39, 0.29) is 19.0 Å². The van der Waals surface area contributed by atoms with Crippen LogP contribution in [-0.2, 0) is 9.47 Å². The molecular formula is C9H8F4O2S2. The average molecular weight is 288 g/mol. The van der Waals surface area contributed by atoms with Crippen molar-refractivity contribution < 1.29 is 27.0 Å². The van der Waals surface area contributed by atoms with Crippen LogP contribution in [0.3, 0.4) is 0 Å². The number of thioether (sulfide) groups is 2. The van der Waals surface area contributed by atoms with Gasteiger partial charge >= 0.3 is 5.92 Å². The number of rotatable bonds is 0. The van der Waals surface area contributed by atoms with Gasteiger partial charge in [0.2, 0.25) is 15.7 Å². The normalized spacial score (nSPS) is 44.5. The maximum atomic E-state index is 13.9. The number of halogens is 4. The Morgan fingerprint density at radius 3 is 2.12 bits per heavy atom. The van der Waals surface area contributed by atoms with Gasteiger partial charge in [-0.1, -0.05) is 0 Å². The first-order valence-corrected chi connectivity index (χ1v) is 6.95. The molecule has 0 saturated carbocycles. The summed E-state index contributed by atoms with van der Waals surface area (Å²) in [5.41, 5.74) is 0. The predicted octanol–water partition coefficient (Wildman–Crippen LogP) is 2.71. The van der Waals surface area contributed by atoms with E-state index < -0.39 is 27.4 Å². The Hall–Kier alpha value is 0.0800. The minimum absolute atomic E-state index is 0.0342. The molecule has 8 heteroatoms. The van der Waals surface area contributed by atoms with Crippen molar-refractivity contribution in [1.29, 1.82) is 0 Å². The SMILES string of the molecule is FC1=C(F)C2(OCCS2)C2(OCCS2)C1(F)F. The summed E-state index contributed by atoms with van der Waals surface area (Å²) in [5.74, 6) is -6.97. The van der Waals surface area contributed by atoms with Crippen molar-refractivity contribution in [3.63, 3.8) is 0 Å². The number of ether oxygens (including phenoxy) is 2. The first-order valence-electron chi connectivity index (χ1n) is 4.98. The van der Waals surface area contributed by atoms with Crippen LogP contribution >= 0.6 is 23.5 Å². The van der Waals surface area contributed by atoms with Crippen LogP contribution in [0, 0.1) is 0 Å². The van der Waals surface area contributed by atoms with Crippen LogP contribution in [0.15, 0.2) is 11.7 Å². The van der Waals surface area contributed by atoms with E-state index in [2.05, 4.69) is 0 Å². The standard InChI is InChI=1S/C9H8F4O2S2/c10-5-6(11)8(14-1-3-16-8)9(7(5,12)13)15-2-4-17-9/h1-4H2. The highest BCUT2D eigenvalue weighted by Crippen LogP contribution is 2.68. The lowest BCUT2D eigenvalue weighted by Crippen LogP contribution is -2.56. The minimum atomic E-state index is -3.99. The Kier molecular flexibility index (Phi) is 2.54. The van der Waals surface area contributed by atoms with Crippen LogP contribution in [-0.4, -0.2) is 40.5 Å². The van der Waals surface area contributed by atoms with Gasteiger partial charge in [-0.2, -0.15) is 8.78 Å². The van der Waals surface area contributed by atoms with E-state index in [9.17, 15) is 17.6 Å². The van der Waals surface area contributed by atoms with E-state index in [1.807, 2.05) is 0 Å². The Labute approximate surface area is 103 Å². The van der Waals surface area contributed by atoms with Crippen molar-refractivity contribution >= 4 is 23.5 Å². The van der Waals surface area contributed by atoms with E-state index in [1.54, 1.807) is 0 Å². The zero-order chi connectivity index (χ0) is 12.3. The molecule has 0 aromatic carbocycles. The highest BCUT2D eigenvalue weighted by molar-refractivity contribution is 8.05. The molecular weight excluding hydrogens is 280 g/mol. The van der Waals surface area contributed by atoms with Crippen molar-refractivity contribution in [1.82, 2.24) is 0 Å². The third kappa shape index (κ3) is 1.18. The molecule has 96 valence electrons. The van der Waals surface area contributed by atoms with Gasteiger partial charge in [-0.25, -0.2) is 8.78 Å². The van der Waals surface area contributed by atoms with E-state index in [0.29, 0.717) is 5.75 Å². The lowest BCUT2D eigenvalue weighted by Gasteiger charge is -2.39. The third-order valence-corrected chi connectivity index (χ3v) is 5.92. The maximum absolute atomic E-state index is 13.9. The Balaban J connectivity index is 2.18. The molecule has 0 N–H and O–H groups in total. The summed E-state index contributed by atoms with van der Waals surface area (Å²) in [5, 5.41) is 0. The van der Waals surface area contributed by atoms with Gasteiger partial charge in [0.05, 0.1) is 13.2 Å². The molecule has 0 aromatic heterocycles. The summed E-state index contributed by atoms with van der Waals surface area (Å²) < 4.78 is 65.3. The molecule has 0 bridgehead atoms. The zero-order valence-electron chi connectivity index (χ0n) is 8.47. The van der Waals surface area contributed by atoms with Crippen molar-refractivity contribution in [2.24, 2.45) is 0 Å². The minimum Gasteiger partial charge on any atom is -0.353 e. The van der Waals surface area contributed by atoms with E-state index in [0.717, 1.165) is 23.5 Å². The van der Waals surface area contributed by atoms with Crippen molar-refractivity contribution in [2.45, 2.75) is 15.8 Å². The number of alkyl halides is 2. The van der Waals surface area contributed by atoms with Crippen LogP contribution < -0.4 is 0 Å². The second-order valence-electron chi connectivity index (χ2n) is 3.83. The number of hydrogen-bond donors (Lipinski definition) is 0. The van der Waals surface area contributed by atoms with Gasteiger partial charge in [0.25, 0.3) is 0 Å². The molecule has 2 aliphatic heterocycles. The smallest absolute Gasteiger partial charge is 0.343 e. The molecule has 2 spiro atoms. The van der Waals surface area contributed by atoms with Gasteiger partial charge in [0.15, 0.2) is 5.83 Å². The monoisotopic (exact) mass is 288 g/mol. The van der Waals surface area contributed by atoms with Gasteiger partial charge in [-0.3, -0.25) is 0 Å². The summed E-state index contributed by atoms with van der Waals surface area (Å²) in [4.78, 5) is -4.32. The van der Waals surface area contributed by atoms with E-state index >= 15 is 0 Å². The average Bonchev–Trinajstić information content (AvgIpc) is 2.97. The second-order valence-corrected chi connectivity index (χ2v) is 6.37. The Morgan fingerprint density at radius 1 is 0.941 bits per heavy atom. The molecule has 17 heavy (non-hydrogen) atoms. The molecule has 0 aromatic rings. The van der Waals surface area contributed by atoms with Gasteiger partial charge in [-0.15, -0.1) is 23.5 Å². The van der Waals surface area contributed by atoms with Crippen molar-refractivity contribution in [3.8, 4) is 0 Å². The fourth-order valence-corrected chi connectivity index (χ4v) is 5.09. The fraction of sp³-hybridized carbons (Fsp3) is 0.778. The van der Waals surface area contributed by atoms with Crippen molar-refractivity contribution in [2.75, 3.05) is 24.7 Å². The molecule has 1 aliphatic carbocycles. The molecule has 2 fully saturated rings. The van der Waals surface area contributed by atoms with Crippen molar-refractivity contribution in [3.05, 3.63) is 11.7 Å². The van der Waals surface area contributed by atoms with Crippen LogP contribution in [0.25, 0.3) is 0 Å². The van der Waals surface area contributed by atoms with E-state index in [1.165, 1.54) is 0 Å². The zero-order valence-corrected chi connectivity index (χ0v) is 10.1. The topological polar surface area (TPSA) is 18.5 Å². The highest BCUT2D eigenvalue weighted by atomic mass is 32.2. The highest BCUT2D eigenvalue weighted by Gasteiger charge is 2.81. The predicted molar refractivity (Wildman–Crippen MR) is 56.5 cm³/mol. The van der Waals surface area contributed by atoms with Crippen LogP contribution in [0.4, 0.5) is 17.6 Å². The molecule has 0 radical (unpaired) electrons. The molecule has 2 atom stereocenters. The van der Waals surface area contributed by atoms with Crippen LogP contribution in [0.2, 0.25) is 0 Å². The largest absolute Gasteiger partial charge is 0.353 e. The molecule has 2 unspecified atom stereocenters. The molecule has 3 rings (SSSR count). The molecule has 2 saturated heterocycles. The molecule has 2 nitrogen and oxygen atoms in total. The lowest BCUT2D eigenvalue weighted by molar-refractivity contribution is -0.173. The van der Waals surface area contributed by atoms with E-state index in [4.69, 9.17) is 9.47 Å². The maximum Gasteiger partial charge on any atom is 0.343 e. The van der Waals surface area contributed by atoms with Gasteiger partial charge in [0.1, 0.15) is 0 Å². The summed E-state index contributed by atoms with van der Waals surface area (Å²) in [7, 11) is 0. The molecule has 2 heterocycles. The summed E-state index contributed by atoms with van der Waals surface area (Å²) >= 11 is 1.56. The summed E-state index contributed by atoms with van der Waals surface area (Å²) in [6, 6.07) is 0. The molecule has 3 aliphatic rings. The fourth-order valence-electron chi connectivity index (χ4n) is 2.29. The summed E-state index contributed by atoms with van der Waals surface area (Å²) in [6.45, 7) is 0.138. The second kappa shape index (κ2) is 3.55. The molecule has 0 amide bonds. The lowest BCUT2D eigenvalue weighted by atomic mass is 10.1. The Morgan fingerprint density at radius 2 is 1.59 bits per heavy atom. The Bertz CT molecular complexity index is 386. The quantitative estimate of drug-likeness (QED) is 0.638. The first kappa shape index (κ1) is 12.1. The first-order chi connectivity index (χ1) is 7.98. The van der Waals surface area contributed by atoms with Crippen LogP contribution in [0.5, 0.6) is 0 Å². The third-order valence-electron chi connectivity index (χ3n) is 2.99. The number of fused-ring (bicyclic) bond motifs is 1.